The van der Waals surface area contributed by atoms with E-state index in [-0.39, 0.29) is 18.2 Å². The topological polar surface area (TPSA) is 66.4 Å². The molecule has 0 aliphatic rings. The summed E-state index contributed by atoms with van der Waals surface area (Å²) in [6.07, 6.45) is -0.111. The molecule has 0 spiro atoms. The summed E-state index contributed by atoms with van der Waals surface area (Å²) >= 11 is 11.6. The number of carboxylic acids is 1. The van der Waals surface area contributed by atoms with Crippen molar-refractivity contribution in [2.45, 2.75) is 27.2 Å². The second kappa shape index (κ2) is 6.46. The Morgan fingerprint density at radius 2 is 1.90 bits per heavy atom. The van der Waals surface area contributed by atoms with Crippen LogP contribution in [0.25, 0.3) is 0 Å². The van der Waals surface area contributed by atoms with Gasteiger partial charge in [0.15, 0.2) is 0 Å². The van der Waals surface area contributed by atoms with E-state index in [1.165, 1.54) is 6.07 Å². The SMILES string of the molecule is CC(C)C(C)(CC(=O)Nc1ccc(Cl)c(Cl)c1)C(=O)O. The van der Waals surface area contributed by atoms with Crippen molar-refractivity contribution in [3.63, 3.8) is 0 Å². The highest BCUT2D eigenvalue weighted by Gasteiger charge is 2.38. The van der Waals surface area contributed by atoms with Gasteiger partial charge in [-0.15, -0.1) is 0 Å². The fourth-order valence-corrected chi connectivity index (χ4v) is 1.94. The average molecular weight is 318 g/mol. The van der Waals surface area contributed by atoms with Crippen LogP contribution in [0, 0.1) is 11.3 Å². The molecule has 0 saturated heterocycles. The fraction of sp³-hybridized carbons (Fsp3) is 0.429. The maximum Gasteiger partial charge on any atom is 0.310 e. The first-order chi connectivity index (χ1) is 9.16. The van der Waals surface area contributed by atoms with Crippen molar-refractivity contribution in [1.82, 2.24) is 0 Å². The maximum atomic E-state index is 12.0. The Morgan fingerprint density at radius 3 is 2.35 bits per heavy atom. The van der Waals surface area contributed by atoms with Crippen LogP contribution in [0.15, 0.2) is 18.2 Å². The highest BCUT2D eigenvalue weighted by atomic mass is 35.5. The van der Waals surface area contributed by atoms with Gasteiger partial charge in [0.25, 0.3) is 0 Å². The third kappa shape index (κ3) is 3.87. The van der Waals surface area contributed by atoms with Crippen molar-refractivity contribution in [3.05, 3.63) is 28.2 Å². The number of halogens is 2. The molecular formula is C14H17Cl2NO3. The Hall–Kier alpha value is -1.26. The number of carboxylic acid groups (broad SMARTS) is 1. The Morgan fingerprint density at radius 1 is 1.30 bits per heavy atom. The van der Waals surface area contributed by atoms with Crippen LogP contribution < -0.4 is 5.32 Å². The maximum absolute atomic E-state index is 12.0. The number of carbonyl (C=O) groups is 2. The van der Waals surface area contributed by atoms with Crippen LogP contribution in [0.2, 0.25) is 10.0 Å². The summed E-state index contributed by atoms with van der Waals surface area (Å²) in [6.45, 7) is 5.12. The van der Waals surface area contributed by atoms with E-state index in [1.807, 2.05) is 0 Å². The number of amides is 1. The minimum atomic E-state index is -1.11. The first kappa shape index (κ1) is 16.8. The number of carbonyl (C=O) groups excluding carboxylic acids is 1. The van der Waals surface area contributed by atoms with Gasteiger partial charge in [0.2, 0.25) is 5.91 Å². The van der Waals surface area contributed by atoms with Gasteiger partial charge >= 0.3 is 5.97 Å². The van der Waals surface area contributed by atoms with Crippen molar-refractivity contribution in [2.24, 2.45) is 11.3 Å². The van der Waals surface area contributed by atoms with Crippen molar-refractivity contribution in [3.8, 4) is 0 Å². The molecule has 0 radical (unpaired) electrons. The van der Waals surface area contributed by atoms with Crippen molar-refractivity contribution >= 4 is 40.8 Å². The monoisotopic (exact) mass is 317 g/mol. The molecule has 0 heterocycles. The van der Waals surface area contributed by atoms with Gasteiger partial charge in [0.1, 0.15) is 0 Å². The number of hydrogen-bond donors (Lipinski definition) is 2. The predicted octanol–water partition coefficient (Wildman–Crippen LogP) is 4.07. The van der Waals surface area contributed by atoms with Crippen LogP contribution in [0.4, 0.5) is 5.69 Å². The summed E-state index contributed by atoms with van der Waals surface area (Å²) in [5.74, 6) is -1.53. The molecule has 4 nitrogen and oxygen atoms in total. The number of nitrogens with one attached hydrogen (secondary N) is 1. The molecule has 110 valence electrons. The summed E-state index contributed by atoms with van der Waals surface area (Å²) in [5, 5.41) is 12.6. The molecule has 2 N–H and O–H groups in total. The summed E-state index contributed by atoms with van der Waals surface area (Å²) < 4.78 is 0. The van der Waals surface area contributed by atoms with Gasteiger partial charge in [-0.05, 0) is 31.0 Å². The third-order valence-electron chi connectivity index (χ3n) is 3.49. The Labute approximate surface area is 128 Å². The van der Waals surface area contributed by atoms with Gasteiger partial charge < -0.3 is 10.4 Å². The summed E-state index contributed by atoms with van der Waals surface area (Å²) in [5.41, 5.74) is -0.624. The van der Waals surface area contributed by atoms with E-state index in [4.69, 9.17) is 23.2 Å². The van der Waals surface area contributed by atoms with Crippen molar-refractivity contribution < 1.29 is 14.7 Å². The molecule has 1 rings (SSSR count). The lowest BCUT2D eigenvalue weighted by atomic mass is 9.76. The molecule has 0 fully saturated rings. The number of anilines is 1. The van der Waals surface area contributed by atoms with Gasteiger partial charge in [-0.2, -0.15) is 0 Å². The first-order valence-corrected chi connectivity index (χ1v) is 6.90. The number of aliphatic carboxylic acids is 1. The van der Waals surface area contributed by atoms with Crippen LogP contribution in [0.1, 0.15) is 27.2 Å². The first-order valence-electron chi connectivity index (χ1n) is 6.15. The molecule has 6 heteroatoms. The zero-order valence-corrected chi connectivity index (χ0v) is 13.0. The Kier molecular flexibility index (Phi) is 5.42. The van der Waals surface area contributed by atoms with E-state index >= 15 is 0 Å². The van der Waals surface area contributed by atoms with Crippen molar-refractivity contribution in [2.75, 3.05) is 5.32 Å². The zero-order valence-electron chi connectivity index (χ0n) is 11.5. The van der Waals surface area contributed by atoms with Gasteiger partial charge in [0, 0.05) is 12.1 Å². The zero-order chi connectivity index (χ0) is 15.5. The minimum absolute atomic E-state index is 0.111. The minimum Gasteiger partial charge on any atom is -0.481 e. The van der Waals surface area contributed by atoms with E-state index in [0.29, 0.717) is 15.7 Å². The fourth-order valence-electron chi connectivity index (χ4n) is 1.64. The molecular weight excluding hydrogens is 301 g/mol. The average Bonchev–Trinajstić information content (AvgIpc) is 2.33. The van der Waals surface area contributed by atoms with Crippen LogP contribution in [-0.2, 0) is 9.59 Å². The summed E-state index contributed by atoms with van der Waals surface area (Å²) in [6, 6.07) is 4.70. The predicted molar refractivity (Wildman–Crippen MR) is 80.3 cm³/mol. The van der Waals surface area contributed by atoms with Crippen LogP contribution in [0.5, 0.6) is 0 Å². The number of hydrogen-bond acceptors (Lipinski definition) is 2. The molecule has 1 aromatic rings. The molecule has 0 saturated carbocycles. The standard InChI is InChI=1S/C14H17Cl2NO3/c1-8(2)14(3,13(19)20)7-12(18)17-9-4-5-10(15)11(16)6-9/h4-6,8H,7H2,1-3H3,(H,17,18)(H,19,20). The molecule has 0 aliphatic carbocycles. The molecule has 20 heavy (non-hydrogen) atoms. The van der Waals surface area contributed by atoms with E-state index in [2.05, 4.69) is 5.32 Å². The van der Waals surface area contributed by atoms with Crippen LogP contribution >= 0.6 is 23.2 Å². The molecule has 1 amide bonds. The molecule has 0 aromatic heterocycles. The third-order valence-corrected chi connectivity index (χ3v) is 4.23. The Balaban J connectivity index is 2.81. The summed E-state index contributed by atoms with van der Waals surface area (Å²) in [4.78, 5) is 23.3. The molecule has 0 bridgehead atoms. The number of rotatable bonds is 5. The highest BCUT2D eigenvalue weighted by molar-refractivity contribution is 6.42. The molecule has 1 unspecified atom stereocenters. The van der Waals surface area contributed by atoms with E-state index in [9.17, 15) is 14.7 Å². The van der Waals surface area contributed by atoms with E-state index in [0.717, 1.165) is 0 Å². The van der Waals surface area contributed by atoms with Crippen molar-refractivity contribution in [1.29, 1.82) is 0 Å². The second-order valence-corrected chi connectivity index (χ2v) is 6.05. The second-order valence-electron chi connectivity index (χ2n) is 5.23. The normalized spacial score (nSPS) is 13.9. The highest BCUT2D eigenvalue weighted by Crippen LogP contribution is 2.32. The van der Waals surface area contributed by atoms with E-state index < -0.39 is 11.4 Å². The smallest absolute Gasteiger partial charge is 0.310 e. The van der Waals surface area contributed by atoms with Gasteiger partial charge in [0.05, 0.1) is 15.5 Å². The van der Waals surface area contributed by atoms with Gasteiger partial charge in [-0.3, -0.25) is 9.59 Å². The largest absolute Gasteiger partial charge is 0.481 e. The lowest BCUT2D eigenvalue weighted by Gasteiger charge is -2.28. The number of benzene rings is 1. The molecule has 1 atom stereocenters. The molecule has 1 aromatic carbocycles. The van der Waals surface area contributed by atoms with E-state index in [1.54, 1.807) is 32.9 Å². The molecule has 0 aliphatic heterocycles. The lowest BCUT2D eigenvalue weighted by Crippen LogP contribution is -2.37. The van der Waals surface area contributed by atoms with Crippen LogP contribution in [0.3, 0.4) is 0 Å². The quantitative estimate of drug-likeness (QED) is 0.860. The van der Waals surface area contributed by atoms with Crippen LogP contribution in [-0.4, -0.2) is 17.0 Å². The summed E-state index contributed by atoms with van der Waals surface area (Å²) in [7, 11) is 0. The van der Waals surface area contributed by atoms with Gasteiger partial charge in [-0.1, -0.05) is 37.0 Å². The lowest BCUT2D eigenvalue weighted by molar-refractivity contribution is -0.153. The van der Waals surface area contributed by atoms with Gasteiger partial charge in [-0.25, -0.2) is 0 Å². The Bertz CT molecular complexity index is 531.